The third-order valence-corrected chi connectivity index (χ3v) is 9.81. The summed E-state index contributed by atoms with van der Waals surface area (Å²) < 4.78 is 37.2. The second-order valence-corrected chi connectivity index (χ2v) is 13.0. The molecule has 0 aliphatic carbocycles. The summed E-state index contributed by atoms with van der Waals surface area (Å²) in [4.78, 5) is 4.87. The van der Waals surface area contributed by atoms with Gasteiger partial charge in [0.25, 0.3) is 0 Å². The first-order valence-corrected chi connectivity index (χ1v) is 16.6. The predicted octanol–water partition coefficient (Wildman–Crippen LogP) is 8.13. The van der Waals surface area contributed by atoms with Crippen LogP contribution in [-0.4, -0.2) is 55.5 Å². The molecule has 8 rings (SSSR count). The van der Waals surface area contributed by atoms with Crippen molar-refractivity contribution in [2.75, 3.05) is 26.2 Å². The van der Waals surface area contributed by atoms with Crippen LogP contribution in [0.15, 0.2) is 97.3 Å². The molecule has 240 valence electrons. The van der Waals surface area contributed by atoms with Crippen molar-refractivity contribution < 1.29 is 13.5 Å². The number of benzene rings is 4. The molecule has 47 heavy (non-hydrogen) atoms. The molecule has 2 aliphatic rings. The normalized spacial score (nSPS) is 17.1. The molecule has 4 aromatic carbocycles. The van der Waals surface area contributed by atoms with E-state index in [0.29, 0.717) is 12.1 Å². The minimum absolute atomic E-state index is 0.190. The van der Waals surface area contributed by atoms with Crippen LogP contribution in [-0.2, 0) is 13.1 Å². The minimum atomic E-state index is -0.190. The smallest absolute Gasteiger partial charge is 0.128 e. The van der Waals surface area contributed by atoms with Crippen molar-refractivity contribution in [3.63, 3.8) is 0 Å². The van der Waals surface area contributed by atoms with Crippen LogP contribution in [0.3, 0.4) is 0 Å². The van der Waals surface area contributed by atoms with Crippen LogP contribution in [0.4, 0.5) is 8.78 Å². The Bertz CT molecular complexity index is 1830. The molecule has 2 aromatic heterocycles. The minimum Gasteiger partial charge on any atom is -0.457 e. The average Bonchev–Trinajstić information content (AvgIpc) is 3.72. The Kier molecular flexibility index (Phi) is 8.17. The summed E-state index contributed by atoms with van der Waals surface area (Å²) in [5.74, 6) is 1.19. The van der Waals surface area contributed by atoms with Gasteiger partial charge in [0.2, 0.25) is 0 Å². The molecule has 0 N–H and O–H groups in total. The van der Waals surface area contributed by atoms with E-state index in [2.05, 4.69) is 43.4 Å². The number of likely N-dealkylation sites (tertiary alicyclic amines) is 2. The fourth-order valence-corrected chi connectivity index (χ4v) is 7.25. The fraction of sp³-hybridized carbons (Fsp3) is 0.316. The first-order chi connectivity index (χ1) is 23.0. The maximum absolute atomic E-state index is 13.3. The SMILES string of the molecule is Fc1ccc(CN2CCC(n3ncc4cc(Oc5ccc6c(cnn6C6CCN(Cc7ccc(F)cc7)CC6)c5)ccc43)CC2)cc1. The van der Waals surface area contributed by atoms with Gasteiger partial charge in [-0.15, -0.1) is 0 Å². The number of hydrogen-bond acceptors (Lipinski definition) is 5. The molecule has 6 aromatic rings. The lowest BCUT2D eigenvalue weighted by Gasteiger charge is -2.32. The number of ether oxygens (including phenoxy) is 1. The molecule has 0 bridgehead atoms. The zero-order chi connectivity index (χ0) is 31.7. The highest BCUT2D eigenvalue weighted by atomic mass is 19.1. The Morgan fingerprint density at radius 3 is 1.36 bits per heavy atom. The monoisotopic (exact) mass is 632 g/mol. The van der Waals surface area contributed by atoms with Gasteiger partial charge in [-0.2, -0.15) is 10.2 Å². The summed E-state index contributed by atoms with van der Waals surface area (Å²) in [5.41, 5.74) is 4.53. The molecule has 0 amide bonds. The van der Waals surface area contributed by atoms with Gasteiger partial charge in [-0.1, -0.05) is 24.3 Å². The number of nitrogens with zero attached hydrogens (tertiary/aromatic N) is 6. The highest BCUT2D eigenvalue weighted by Gasteiger charge is 2.24. The summed E-state index contributed by atoms with van der Waals surface area (Å²) in [6, 6.07) is 26.7. The van der Waals surface area contributed by atoms with Crippen molar-refractivity contribution in [3.05, 3.63) is 120 Å². The van der Waals surface area contributed by atoms with Crippen molar-refractivity contribution in [2.45, 2.75) is 50.9 Å². The zero-order valence-corrected chi connectivity index (χ0v) is 26.3. The average molecular weight is 633 g/mol. The van der Waals surface area contributed by atoms with E-state index < -0.39 is 0 Å². The van der Waals surface area contributed by atoms with Gasteiger partial charge in [-0.3, -0.25) is 19.2 Å². The van der Waals surface area contributed by atoms with Crippen LogP contribution >= 0.6 is 0 Å². The lowest BCUT2D eigenvalue weighted by molar-refractivity contribution is 0.175. The van der Waals surface area contributed by atoms with Crippen molar-refractivity contribution in [3.8, 4) is 11.5 Å². The molecule has 2 aliphatic heterocycles. The van der Waals surface area contributed by atoms with Gasteiger partial charge in [0.05, 0.1) is 35.5 Å². The molecule has 0 unspecified atom stereocenters. The van der Waals surface area contributed by atoms with Gasteiger partial charge in [-0.05, 0) is 97.5 Å². The molecule has 2 saturated heterocycles. The quantitative estimate of drug-likeness (QED) is 0.170. The van der Waals surface area contributed by atoms with Gasteiger partial charge in [0, 0.05) is 50.0 Å². The van der Waals surface area contributed by atoms with Gasteiger partial charge in [0.1, 0.15) is 23.1 Å². The highest BCUT2D eigenvalue weighted by molar-refractivity contribution is 5.82. The van der Waals surface area contributed by atoms with Crippen molar-refractivity contribution in [1.29, 1.82) is 0 Å². The van der Waals surface area contributed by atoms with E-state index in [-0.39, 0.29) is 11.6 Å². The van der Waals surface area contributed by atoms with Crippen molar-refractivity contribution in [2.24, 2.45) is 0 Å². The molecular weight excluding hydrogens is 594 g/mol. The van der Waals surface area contributed by atoms with Gasteiger partial charge >= 0.3 is 0 Å². The Morgan fingerprint density at radius 1 is 0.553 bits per heavy atom. The maximum atomic E-state index is 13.3. The van der Waals surface area contributed by atoms with Crippen LogP contribution in [0.1, 0.15) is 48.9 Å². The van der Waals surface area contributed by atoms with Gasteiger partial charge in [-0.25, -0.2) is 8.78 Å². The number of fused-ring (bicyclic) bond motifs is 2. The second-order valence-electron chi connectivity index (χ2n) is 13.0. The number of aromatic nitrogens is 4. The third-order valence-electron chi connectivity index (χ3n) is 9.81. The van der Waals surface area contributed by atoms with Crippen molar-refractivity contribution >= 4 is 21.8 Å². The summed E-state index contributed by atoms with van der Waals surface area (Å²) in [6.45, 7) is 5.64. The molecule has 2 fully saturated rings. The summed E-state index contributed by atoms with van der Waals surface area (Å²) in [7, 11) is 0. The molecular formula is C38H38F2N6O. The summed E-state index contributed by atoms with van der Waals surface area (Å²) in [5, 5.41) is 11.7. The van der Waals surface area contributed by atoms with Crippen LogP contribution in [0, 0.1) is 11.6 Å². The van der Waals surface area contributed by atoms with E-state index in [1.165, 1.54) is 24.3 Å². The Balaban J connectivity index is 0.882. The van der Waals surface area contributed by atoms with Crippen LogP contribution in [0.2, 0.25) is 0 Å². The topological polar surface area (TPSA) is 51.4 Å². The Labute approximate surface area is 273 Å². The van der Waals surface area contributed by atoms with Crippen LogP contribution < -0.4 is 4.74 Å². The Hall–Kier alpha value is -4.60. The third kappa shape index (κ3) is 6.50. The summed E-state index contributed by atoms with van der Waals surface area (Å²) in [6.07, 6.45) is 7.98. The van der Waals surface area contributed by atoms with E-state index in [9.17, 15) is 8.78 Å². The largest absolute Gasteiger partial charge is 0.457 e. The molecule has 0 atom stereocenters. The van der Waals surface area contributed by atoms with E-state index >= 15 is 0 Å². The fourth-order valence-electron chi connectivity index (χ4n) is 7.25. The van der Waals surface area contributed by atoms with E-state index in [0.717, 1.165) is 109 Å². The number of piperidine rings is 2. The molecule has 9 heteroatoms. The Morgan fingerprint density at radius 2 is 0.957 bits per heavy atom. The lowest BCUT2D eigenvalue weighted by atomic mass is 10.0. The number of halogens is 2. The standard InChI is InChI=1S/C38H38F2N6O/c39-31-5-1-27(2-6-31)25-43-17-13-33(14-18-43)45-37-11-9-35(21-29(37)23-41-45)47-36-10-12-38-30(22-36)24-42-46(38)34-15-19-44(20-16-34)26-28-3-7-32(40)8-4-28/h1-12,21-24,33-34H,13-20,25-26H2. The first kappa shape index (κ1) is 29.8. The highest BCUT2D eigenvalue weighted by Crippen LogP contribution is 2.33. The van der Waals surface area contributed by atoms with Crippen molar-refractivity contribution in [1.82, 2.24) is 29.4 Å². The number of hydrogen-bond donors (Lipinski definition) is 0. The van der Waals surface area contributed by atoms with E-state index in [1.54, 1.807) is 0 Å². The molecule has 4 heterocycles. The first-order valence-electron chi connectivity index (χ1n) is 16.6. The predicted molar refractivity (Wildman–Crippen MR) is 179 cm³/mol. The number of rotatable bonds is 8. The van der Waals surface area contributed by atoms with Crippen LogP contribution in [0.25, 0.3) is 21.8 Å². The van der Waals surface area contributed by atoms with E-state index in [1.807, 2.05) is 48.8 Å². The lowest BCUT2D eigenvalue weighted by Crippen LogP contribution is -2.34. The zero-order valence-electron chi connectivity index (χ0n) is 26.3. The van der Waals surface area contributed by atoms with E-state index in [4.69, 9.17) is 14.9 Å². The molecule has 0 spiro atoms. The maximum Gasteiger partial charge on any atom is 0.128 e. The summed E-state index contributed by atoms with van der Waals surface area (Å²) >= 11 is 0. The van der Waals surface area contributed by atoms with Crippen LogP contribution in [0.5, 0.6) is 11.5 Å². The molecule has 7 nitrogen and oxygen atoms in total. The molecule has 0 radical (unpaired) electrons. The van der Waals surface area contributed by atoms with Gasteiger partial charge in [0.15, 0.2) is 0 Å². The van der Waals surface area contributed by atoms with Gasteiger partial charge < -0.3 is 4.74 Å². The molecule has 0 saturated carbocycles. The second kappa shape index (κ2) is 12.9.